The molecule has 0 spiro atoms. The number of nitrogens with two attached hydrogens (primary N) is 1. The summed E-state index contributed by atoms with van der Waals surface area (Å²) < 4.78 is 0. The average Bonchev–Trinajstić information content (AvgIpc) is 2.02. The number of nitrogens with zero attached hydrogens (tertiary/aromatic N) is 1. The molecule has 78 valence electrons. The van der Waals surface area contributed by atoms with Gasteiger partial charge in [0, 0.05) is 26.6 Å². The number of hydrogen-bond acceptors (Lipinski definition) is 2. The van der Waals surface area contributed by atoms with Crippen LogP contribution >= 0.6 is 0 Å². The summed E-state index contributed by atoms with van der Waals surface area (Å²) >= 11 is 0. The summed E-state index contributed by atoms with van der Waals surface area (Å²) in [6.07, 6.45) is 0.548. The second-order valence-electron chi connectivity index (χ2n) is 4.29. The molecule has 0 aliphatic rings. The van der Waals surface area contributed by atoms with Gasteiger partial charge in [0.2, 0.25) is 5.91 Å². The van der Waals surface area contributed by atoms with Crippen LogP contribution in [0, 0.1) is 11.8 Å². The molecule has 13 heavy (non-hydrogen) atoms. The molecule has 0 aromatic carbocycles. The van der Waals surface area contributed by atoms with Crippen molar-refractivity contribution in [2.75, 3.05) is 14.1 Å². The Hall–Kier alpha value is -0.570. The van der Waals surface area contributed by atoms with E-state index in [-0.39, 0.29) is 17.9 Å². The first-order chi connectivity index (χ1) is 5.86. The molecule has 0 heterocycles. The van der Waals surface area contributed by atoms with Gasteiger partial charge in [-0.2, -0.15) is 0 Å². The summed E-state index contributed by atoms with van der Waals surface area (Å²) in [7, 11) is 3.55. The van der Waals surface area contributed by atoms with Crippen LogP contribution in [0.3, 0.4) is 0 Å². The average molecular weight is 186 g/mol. The van der Waals surface area contributed by atoms with Crippen molar-refractivity contribution in [3.63, 3.8) is 0 Å². The van der Waals surface area contributed by atoms with Gasteiger partial charge in [-0.15, -0.1) is 0 Å². The molecule has 0 rings (SSSR count). The van der Waals surface area contributed by atoms with E-state index in [4.69, 9.17) is 5.73 Å². The summed E-state index contributed by atoms with van der Waals surface area (Å²) in [5, 5.41) is 0. The Morgan fingerprint density at radius 3 is 2.08 bits per heavy atom. The normalized spacial score (nSPS) is 15.6. The fourth-order valence-corrected chi connectivity index (χ4v) is 1.25. The van der Waals surface area contributed by atoms with Crippen molar-refractivity contribution >= 4 is 5.91 Å². The Morgan fingerprint density at radius 1 is 1.31 bits per heavy atom. The molecule has 0 aromatic heterocycles. The van der Waals surface area contributed by atoms with E-state index in [0.717, 1.165) is 0 Å². The van der Waals surface area contributed by atoms with Crippen LogP contribution in [0.2, 0.25) is 0 Å². The van der Waals surface area contributed by atoms with Gasteiger partial charge >= 0.3 is 0 Å². The summed E-state index contributed by atoms with van der Waals surface area (Å²) in [6, 6.07) is 0.115. The SMILES string of the molecule is CC(C)[C@H](N)[C@@H](C)CC(=O)N(C)C. The second kappa shape index (κ2) is 5.22. The molecule has 0 aliphatic carbocycles. The first-order valence-corrected chi connectivity index (χ1v) is 4.82. The van der Waals surface area contributed by atoms with E-state index in [2.05, 4.69) is 13.8 Å². The van der Waals surface area contributed by atoms with Gasteiger partial charge in [0.1, 0.15) is 0 Å². The number of amides is 1. The van der Waals surface area contributed by atoms with Gasteiger partial charge in [-0.3, -0.25) is 4.79 Å². The number of carbonyl (C=O) groups excluding carboxylic acids is 1. The van der Waals surface area contributed by atoms with E-state index in [0.29, 0.717) is 12.3 Å². The molecule has 2 N–H and O–H groups in total. The first-order valence-electron chi connectivity index (χ1n) is 4.82. The van der Waals surface area contributed by atoms with Crippen molar-refractivity contribution in [1.29, 1.82) is 0 Å². The summed E-state index contributed by atoms with van der Waals surface area (Å²) in [4.78, 5) is 13.0. The molecular weight excluding hydrogens is 164 g/mol. The minimum atomic E-state index is 0.115. The van der Waals surface area contributed by atoms with Gasteiger partial charge in [-0.1, -0.05) is 20.8 Å². The Balaban J connectivity index is 4.00. The molecule has 3 heteroatoms. The van der Waals surface area contributed by atoms with Crippen LogP contribution in [0.1, 0.15) is 27.2 Å². The van der Waals surface area contributed by atoms with Crippen LogP contribution in [0.5, 0.6) is 0 Å². The summed E-state index contributed by atoms with van der Waals surface area (Å²) in [5.41, 5.74) is 5.94. The van der Waals surface area contributed by atoms with Gasteiger partial charge in [0.15, 0.2) is 0 Å². The molecule has 3 nitrogen and oxygen atoms in total. The van der Waals surface area contributed by atoms with E-state index in [1.165, 1.54) is 0 Å². The van der Waals surface area contributed by atoms with E-state index in [9.17, 15) is 4.79 Å². The molecule has 0 radical (unpaired) electrons. The molecule has 0 fully saturated rings. The molecule has 2 atom stereocenters. The lowest BCUT2D eigenvalue weighted by molar-refractivity contribution is -0.129. The lowest BCUT2D eigenvalue weighted by atomic mass is 9.90. The zero-order chi connectivity index (χ0) is 10.6. The van der Waals surface area contributed by atoms with Crippen molar-refractivity contribution in [2.45, 2.75) is 33.2 Å². The smallest absolute Gasteiger partial charge is 0.222 e. The number of hydrogen-bond donors (Lipinski definition) is 1. The molecular formula is C10H22N2O. The maximum atomic E-state index is 11.4. The summed E-state index contributed by atoms with van der Waals surface area (Å²) in [6.45, 7) is 6.20. The number of carbonyl (C=O) groups is 1. The largest absolute Gasteiger partial charge is 0.349 e. The predicted molar refractivity (Wildman–Crippen MR) is 55.3 cm³/mol. The zero-order valence-corrected chi connectivity index (χ0v) is 9.37. The Kier molecular flexibility index (Phi) is 4.99. The van der Waals surface area contributed by atoms with Crippen LogP contribution in [-0.4, -0.2) is 30.9 Å². The van der Waals surface area contributed by atoms with Crippen LogP contribution in [-0.2, 0) is 4.79 Å². The minimum Gasteiger partial charge on any atom is -0.349 e. The predicted octanol–water partition coefficient (Wildman–Crippen LogP) is 1.08. The van der Waals surface area contributed by atoms with Crippen molar-refractivity contribution in [3.8, 4) is 0 Å². The van der Waals surface area contributed by atoms with E-state index < -0.39 is 0 Å². The third kappa shape index (κ3) is 4.27. The van der Waals surface area contributed by atoms with Gasteiger partial charge in [-0.25, -0.2) is 0 Å². The first kappa shape index (κ1) is 12.4. The molecule has 1 amide bonds. The fourth-order valence-electron chi connectivity index (χ4n) is 1.25. The van der Waals surface area contributed by atoms with E-state index in [1.54, 1.807) is 19.0 Å². The van der Waals surface area contributed by atoms with Gasteiger partial charge < -0.3 is 10.6 Å². The number of rotatable bonds is 4. The highest BCUT2D eigenvalue weighted by molar-refractivity contribution is 5.75. The van der Waals surface area contributed by atoms with Crippen LogP contribution in [0.4, 0.5) is 0 Å². The van der Waals surface area contributed by atoms with Gasteiger partial charge in [0.25, 0.3) is 0 Å². The highest BCUT2D eigenvalue weighted by Crippen LogP contribution is 2.14. The zero-order valence-electron chi connectivity index (χ0n) is 9.37. The topological polar surface area (TPSA) is 46.3 Å². The van der Waals surface area contributed by atoms with Crippen LogP contribution in [0.15, 0.2) is 0 Å². The Labute approximate surface area is 81.3 Å². The van der Waals surface area contributed by atoms with Crippen molar-refractivity contribution in [1.82, 2.24) is 4.90 Å². The second-order valence-corrected chi connectivity index (χ2v) is 4.29. The third-order valence-electron chi connectivity index (χ3n) is 2.42. The van der Waals surface area contributed by atoms with Crippen molar-refractivity contribution < 1.29 is 4.79 Å². The third-order valence-corrected chi connectivity index (χ3v) is 2.42. The van der Waals surface area contributed by atoms with E-state index >= 15 is 0 Å². The highest BCUT2D eigenvalue weighted by Gasteiger charge is 2.19. The van der Waals surface area contributed by atoms with Crippen molar-refractivity contribution in [3.05, 3.63) is 0 Å². The van der Waals surface area contributed by atoms with Crippen LogP contribution in [0.25, 0.3) is 0 Å². The highest BCUT2D eigenvalue weighted by atomic mass is 16.2. The Morgan fingerprint density at radius 2 is 1.77 bits per heavy atom. The minimum absolute atomic E-state index is 0.115. The fraction of sp³-hybridized carbons (Fsp3) is 0.900. The Bertz CT molecular complexity index is 166. The molecule has 0 saturated heterocycles. The quantitative estimate of drug-likeness (QED) is 0.714. The maximum Gasteiger partial charge on any atom is 0.222 e. The molecule has 0 aromatic rings. The van der Waals surface area contributed by atoms with Crippen LogP contribution < -0.4 is 5.73 Å². The lowest BCUT2D eigenvalue weighted by Gasteiger charge is -2.24. The lowest BCUT2D eigenvalue weighted by Crippen LogP contribution is -2.36. The van der Waals surface area contributed by atoms with Crippen molar-refractivity contribution in [2.24, 2.45) is 17.6 Å². The van der Waals surface area contributed by atoms with Gasteiger partial charge in [-0.05, 0) is 11.8 Å². The molecule has 0 unspecified atom stereocenters. The monoisotopic (exact) mass is 186 g/mol. The maximum absolute atomic E-state index is 11.4. The molecule has 0 aliphatic heterocycles. The summed E-state index contributed by atoms with van der Waals surface area (Å²) in [5.74, 6) is 0.850. The van der Waals surface area contributed by atoms with Gasteiger partial charge in [0.05, 0.1) is 0 Å². The van der Waals surface area contributed by atoms with E-state index in [1.807, 2.05) is 6.92 Å². The standard InChI is InChI=1S/C10H22N2O/c1-7(2)10(11)8(3)6-9(13)12(4)5/h7-8,10H,6,11H2,1-5H3/t8-,10-/m0/s1. The molecule has 0 saturated carbocycles. The molecule has 0 bridgehead atoms.